The molecule has 3 aromatic rings. The normalized spacial score (nSPS) is 12.0. The van der Waals surface area contributed by atoms with Gasteiger partial charge in [-0.15, -0.1) is 0 Å². The standard InChI is InChI=1S/C13H7ClF3N3S/c14-8-5-7(13(15,16)17)6-18-11(8)21-12-19-9-3-1-2-4-10(9)20-12/h1-6H,(H,19,20). The van der Waals surface area contributed by atoms with Gasteiger partial charge in [-0.2, -0.15) is 13.2 Å². The van der Waals surface area contributed by atoms with Crippen molar-refractivity contribution >= 4 is 34.4 Å². The number of nitrogens with zero attached hydrogens (tertiary/aromatic N) is 2. The van der Waals surface area contributed by atoms with Crippen LogP contribution in [0.1, 0.15) is 5.56 Å². The number of H-pyrrole nitrogens is 1. The summed E-state index contributed by atoms with van der Waals surface area (Å²) < 4.78 is 37.6. The molecule has 0 aliphatic rings. The molecule has 0 fully saturated rings. The van der Waals surface area contributed by atoms with Crippen LogP contribution in [0.2, 0.25) is 5.02 Å². The van der Waals surface area contributed by atoms with Crippen LogP contribution in [0.3, 0.4) is 0 Å². The number of benzene rings is 1. The average Bonchev–Trinajstić information content (AvgIpc) is 2.82. The number of alkyl halides is 3. The molecule has 0 radical (unpaired) electrons. The maximum atomic E-state index is 12.5. The number of pyridine rings is 1. The number of halogens is 4. The molecule has 0 amide bonds. The van der Waals surface area contributed by atoms with Crippen molar-refractivity contribution < 1.29 is 13.2 Å². The highest BCUT2D eigenvalue weighted by molar-refractivity contribution is 7.99. The maximum absolute atomic E-state index is 12.5. The second kappa shape index (κ2) is 5.23. The van der Waals surface area contributed by atoms with E-state index in [2.05, 4.69) is 15.0 Å². The summed E-state index contributed by atoms with van der Waals surface area (Å²) in [7, 11) is 0. The van der Waals surface area contributed by atoms with Crippen LogP contribution in [-0.2, 0) is 6.18 Å². The minimum absolute atomic E-state index is 0.0599. The third kappa shape index (κ3) is 2.98. The number of aromatic amines is 1. The Balaban J connectivity index is 1.91. The van der Waals surface area contributed by atoms with Crippen molar-refractivity contribution in [3.63, 3.8) is 0 Å². The monoisotopic (exact) mass is 329 g/mol. The van der Waals surface area contributed by atoms with Gasteiger partial charge in [-0.25, -0.2) is 9.97 Å². The number of fused-ring (bicyclic) bond motifs is 1. The minimum atomic E-state index is -4.46. The largest absolute Gasteiger partial charge is 0.417 e. The predicted molar refractivity (Wildman–Crippen MR) is 74.5 cm³/mol. The first-order valence-electron chi connectivity index (χ1n) is 5.79. The van der Waals surface area contributed by atoms with Crippen molar-refractivity contribution in [1.82, 2.24) is 15.0 Å². The second-order valence-corrected chi connectivity index (χ2v) is 5.55. The summed E-state index contributed by atoms with van der Waals surface area (Å²) in [5.74, 6) is 0. The number of rotatable bonds is 2. The molecule has 2 heterocycles. The SMILES string of the molecule is FC(F)(F)c1cnc(Sc2nc3ccccc3[nH]2)c(Cl)c1. The summed E-state index contributed by atoms with van der Waals surface area (Å²) in [6.07, 6.45) is -3.70. The lowest BCUT2D eigenvalue weighted by molar-refractivity contribution is -0.137. The fraction of sp³-hybridized carbons (Fsp3) is 0.0769. The molecular weight excluding hydrogens is 323 g/mol. The summed E-state index contributed by atoms with van der Waals surface area (Å²) in [5.41, 5.74) is 0.729. The van der Waals surface area contributed by atoms with Crippen LogP contribution in [0, 0.1) is 0 Å². The van der Waals surface area contributed by atoms with Crippen LogP contribution in [0.4, 0.5) is 13.2 Å². The van der Waals surface area contributed by atoms with Gasteiger partial charge in [0.2, 0.25) is 0 Å². The summed E-state index contributed by atoms with van der Waals surface area (Å²) in [4.78, 5) is 11.1. The number of para-hydroxylation sites is 2. The van der Waals surface area contributed by atoms with E-state index in [0.29, 0.717) is 5.16 Å². The molecule has 0 unspecified atom stereocenters. The van der Waals surface area contributed by atoms with Gasteiger partial charge in [-0.05, 0) is 30.0 Å². The van der Waals surface area contributed by atoms with Crippen molar-refractivity contribution in [1.29, 1.82) is 0 Å². The number of imidazole rings is 1. The quantitative estimate of drug-likeness (QED) is 0.735. The molecule has 1 N–H and O–H groups in total. The first-order valence-corrected chi connectivity index (χ1v) is 6.98. The Morgan fingerprint density at radius 3 is 2.62 bits per heavy atom. The van der Waals surface area contributed by atoms with Gasteiger partial charge >= 0.3 is 6.18 Å². The van der Waals surface area contributed by atoms with Crippen molar-refractivity contribution in [2.24, 2.45) is 0 Å². The van der Waals surface area contributed by atoms with Gasteiger partial charge in [0.1, 0.15) is 5.03 Å². The zero-order chi connectivity index (χ0) is 15.0. The van der Waals surface area contributed by atoms with E-state index in [1.165, 1.54) is 0 Å². The molecule has 0 aliphatic carbocycles. The minimum Gasteiger partial charge on any atom is -0.333 e. The van der Waals surface area contributed by atoms with Crippen molar-refractivity contribution in [3.05, 3.63) is 47.1 Å². The lowest BCUT2D eigenvalue weighted by Gasteiger charge is -2.07. The van der Waals surface area contributed by atoms with Crippen molar-refractivity contribution in [2.45, 2.75) is 16.4 Å². The van der Waals surface area contributed by atoms with Crippen LogP contribution in [0.15, 0.2) is 46.7 Å². The van der Waals surface area contributed by atoms with Crippen LogP contribution in [0.5, 0.6) is 0 Å². The summed E-state index contributed by atoms with van der Waals surface area (Å²) >= 11 is 6.94. The van der Waals surface area contributed by atoms with Crippen LogP contribution in [0.25, 0.3) is 11.0 Å². The number of nitrogens with one attached hydrogen (secondary N) is 1. The zero-order valence-corrected chi connectivity index (χ0v) is 11.9. The Bertz CT molecular complexity index is 768. The van der Waals surface area contributed by atoms with E-state index in [0.717, 1.165) is 35.1 Å². The molecule has 0 spiro atoms. The lowest BCUT2D eigenvalue weighted by atomic mass is 10.3. The maximum Gasteiger partial charge on any atom is 0.417 e. The molecule has 108 valence electrons. The molecule has 0 atom stereocenters. The van der Waals surface area contributed by atoms with E-state index in [9.17, 15) is 13.2 Å². The first kappa shape index (κ1) is 14.2. The summed E-state index contributed by atoms with van der Waals surface area (Å²) in [6, 6.07) is 8.25. The van der Waals surface area contributed by atoms with Crippen LogP contribution >= 0.6 is 23.4 Å². The fourth-order valence-electron chi connectivity index (χ4n) is 1.72. The molecule has 2 aromatic heterocycles. The highest BCUT2D eigenvalue weighted by atomic mass is 35.5. The molecule has 21 heavy (non-hydrogen) atoms. The van der Waals surface area contributed by atoms with Crippen molar-refractivity contribution in [3.8, 4) is 0 Å². The third-order valence-corrected chi connectivity index (χ3v) is 4.00. The molecule has 0 saturated heterocycles. The Kier molecular flexibility index (Phi) is 3.54. The first-order chi connectivity index (χ1) is 9.93. The van der Waals surface area contributed by atoms with E-state index in [4.69, 9.17) is 11.6 Å². The third-order valence-electron chi connectivity index (χ3n) is 2.70. The van der Waals surface area contributed by atoms with Crippen LogP contribution < -0.4 is 0 Å². The van der Waals surface area contributed by atoms with E-state index in [1.54, 1.807) is 0 Å². The van der Waals surface area contributed by atoms with Gasteiger partial charge in [0.25, 0.3) is 0 Å². The lowest BCUT2D eigenvalue weighted by Crippen LogP contribution is -2.05. The van der Waals surface area contributed by atoms with Crippen molar-refractivity contribution in [2.75, 3.05) is 0 Å². The smallest absolute Gasteiger partial charge is 0.333 e. The number of aromatic nitrogens is 3. The van der Waals surface area contributed by atoms with Gasteiger partial charge in [0.05, 0.1) is 21.6 Å². The molecular formula is C13H7ClF3N3S. The number of hydrogen-bond acceptors (Lipinski definition) is 3. The zero-order valence-electron chi connectivity index (χ0n) is 10.3. The Morgan fingerprint density at radius 1 is 1.19 bits per heavy atom. The highest BCUT2D eigenvalue weighted by Gasteiger charge is 2.31. The molecule has 0 aliphatic heterocycles. The van der Waals surface area contributed by atoms with E-state index >= 15 is 0 Å². The Hall–Kier alpha value is -1.73. The molecule has 1 aromatic carbocycles. The molecule has 3 rings (SSSR count). The van der Waals surface area contributed by atoms with E-state index in [-0.39, 0.29) is 10.0 Å². The van der Waals surface area contributed by atoms with E-state index in [1.807, 2.05) is 24.3 Å². The van der Waals surface area contributed by atoms with Gasteiger partial charge in [-0.3, -0.25) is 0 Å². The molecule has 8 heteroatoms. The molecule has 0 saturated carbocycles. The highest BCUT2D eigenvalue weighted by Crippen LogP contribution is 2.35. The van der Waals surface area contributed by atoms with Gasteiger partial charge in [0, 0.05) is 6.20 Å². The number of hydrogen-bond donors (Lipinski definition) is 1. The fourth-order valence-corrected chi connectivity index (χ4v) is 2.76. The summed E-state index contributed by atoms with van der Waals surface area (Å²) in [6.45, 7) is 0. The Labute approximate surface area is 126 Å². The summed E-state index contributed by atoms with van der Waals surface area (Å²) in [5, 5.41) is 0.726. The topological polar surface area (TPSA) is 41.6 Å². The molecule has 0 bridgehead atoms. The molecule has 3 nitrogen and oxygen atoms in total. The Morgan fingerprint density at radius 2 is 1.95 bits per heavy atom. The van der Waals surface area contributed by atoms with Gasteiger partial charge in [-0.1, -0.05) is 23.7 Å². The predicted octanol–water partition coefficient (Wildman–Crippen LogP) is 4.78. The van der Waals surface area contributed by atoms with Gasteiger partial charge in [0.15, 0.2) is 5.16 Å². The second-order valence-electron chi connectivity index (χ2n) is 4.17. The van der Waals surface area contributed by atoms with E-state index < -0.39 is 11.7 Å². The van der Waals surface area contributed by atoms with Gasteiger partial charge < -0.3 is 4.98 Å². The average molecular weight is 330 g/mol. The van der Waals surface area contributed by atoms with Crippen LogP contribution in [-0.4, -0.2) is 15.0 Å².